The normalized spacial score (nSPS) is 15.7. The summed E-state index contributed by atoms with van der Waals surface area (Å²) in [6.07, 6.45) is 0.851. The summed E-state index contributed by atoms with van der Waals surface area (Å²) in [6.45, 7) is 13.9. The molecule has 0 radical (unpaired) electrons. The average Bonchev–Trinajstić information content (AvgIpc) is 3.41. The lowest BCUT2D eigenvalue weighted by Gasteiger charge is -2.40. The maximum Gasteiger partial charge on any atom is 0.253 e. The lowest BCUT2D eigenvalue weighted by atomic mass is 9.98. The highest BCUT2D eigenvalue weighted by molar-refractivity contribution is 5.80. The SMILES string of the molecule is CCC(C)(C)n1nnnc1[C@H](c1cc2cc(OC)ccc2[nH]c1=O)N1CCN(c2cc(C)ccc2C)CC1. The van der Waals surface area contributed by atoms with Crippen molar-refractivity contribution in [3.8, 4) is 5.75 Å². The van der Waals surface area contributed by atoms with Crippen LogP contribution in [0.5, 0.6) is 5.75 Å². The minimum absolute atomic E-state index is 0.131. The number of methoxy groups -OCH3 is 1. The highest BCUT2D eigenvalue weighted by Gasteiger charge is 2.36. The van der Waals surface area contributed by atoms with Crippen LogP contribution < -0.4 is 15.2 Å². The number of benzene rings is 2. The van der Waals surface area contributed by atoms with Crippen molar-refractivity contribution in [3.05, 3.63) is 75.3 Å². The number of H-pyrrole nitrogens is 1. The number of ether oxygens (including phenoxy) is 1. The van der Waals surface area contributed by atoms with E-state index in [0.29, 0.717) is 11.4 Å². The maximum atomic E-state index is 13.6. The van der Waals surface area contributed by atoms with Gasteiger partial charge in [0, 0.05) is 48.3 Å². The number of aryl methyl sites for hydroxylation is 2. The van der Waals surface area contributed by atoms with E-state index < -0.39 is 6.04 Å². The molecule has 1 saturated heterocycles. The van der Waals surface area contributed by atoms with Crippen LogP contribution in [0.15, 0.2) is 47.3 Å². The van der Waals surface area contributed by atoms with Crippen molar-refractivity contribution in [2.75, 3.05) is 38.2 Å². The molecule has 1 aliphatic heterocycles. The molecule has 0 bridgehead atoms. The molecule has 9 nitrogen and oxygen atoms in total. The van der Waals surface area contributed by atoms with Crippen LogP contribution in [0.4, 0.5) is 5.69 Å². The molecule has 1 aliphatic rings. The van der Waals surface area contributed by atoms with E-state index in [1.807, 2.05) is 28.9 Å². The van der Waals surface area contributed by atoms with Gasteiger partial charge in [0.05, 0.1) is 12.6 Å². The van der Waals surface area contributed by atoms with Gasteiger partial charge < -0.3 is 14.6 Å². The van der Waals surface area contributed by atoms with Crippen molar-refractivity contribution in [1.82, 2.24) is 30.1 Å². The molecule has 2 aromatic carbocycles. The van der Waals surface area contributed by atoms with Gasteiger partial charge in [-0.3, -0.25) is 9.69 Å². The number of pyridine rings is 1. The Balaban J connectivity index is 1.57. The van der Waals surface area contributed by atoms with Crippen molar-refractivity contribution < 1.29 is 4.74 Å². The van der Waals surface area contributed by atoms with E-state index in [1.165, 1.54) is 16.8 Å². The third kappa shape index (κ3) is 4.78. The van der Waals surface area contributed by atoms with E-state index >= 15 is 0 Å². The van der Waals surface area contributed by atoms with Crippen LogP contribution in [-0.2, 0) is 5.54 Å². The summed E-state index contributed by atoms with van der Waals surface area (Å²) in [4.78, 5) is 21.4. The Labute approximate surface area is 223 Å². The first-order valence-electron chi connectivity index (χ1n) is 13.3. The Morgan fingerprint density at radius 2 is 1.82 bits per heavy atom. The fraction of sp³-hybridized carbons (Fsp3) is 0.448. The number of nitrogens with zero attached hydrogens (tertiary/aromatic N) is 6. The number of anilines is 1. The minimum Gasteiger partial charge on any atom is -0.497 e. The third-order valence-electron chi connectivity index (χ3n) is 7.94. The van der Waals surface area contributed by atoms with Crippen molar-refractivity contribution in [2.45, 2.75) is 52.6 Å². The van der Waals surface area contributed by atoms with Crippen molar-refractivity contribution in [3.63, 3.8) is 0 Å². The molecule has 0 saturated carbocycles. The Morgan fingerprint density at radius 3 is 2.53 bits per heavy atom. The van der Waals surface area contributed by atoms with Crippen LogP contribution in [0.2, 0.25) is 0 Å². The van der Waals surface area contributed by atoms with Crippen LogP contribution in [0.1, 0.15) is 55.7 Å². The lowest BCUT2D eigenvalue weighted by molar-refractivity contribution is 0.186. The number of aromatic amines is 1. The number of nitrogens with one attached hydrogen (secondary N) is 1. The smallest absolute Gasteiger partial charge is 0.253 e. The molecule has 0 unspecified atom stereocenters. The predicted molar refractivity (Wildman–Crippen MR) is 150 cm³/mol. The van der Waals surface area contributed by atoms with E-state index in [1.54, 1.807) is 7.11 Å². The zero-order valence-corrected chi connectivity index (χ0v) is 23.2. The summed E-state index contributed by atoms with van der Waals surface area (Å²) in [5.74, 6) is 1.43. The van der Waals surface area contributed by atoms with Gasteiger partial charge in [0.25, 0.3) is 5.56 Å². The largest absolute Gasteiger partial charge is 0.497 e. The Bertz CT molecular complexity index is 1500. The standard InChI is InChI=1S/C29H37N7O2/c1-7-29(4,5)36-27(31-32-33-36)26(23-18-21-17-22(38-6)10-11-24(21)30-28(23)37)35-14-12-34(13-15-35)25-16-19(2)8-9-20(25)3/h8-11,16-18,26H,7,12-15H2,1-6H3,(H,30,37)/t26-/m0/s1. The molecule has 0 amide bonds. The number of hydrogen-bond acceptors (Lipinski definition) is 7. The highest BCUT2D eigenvalue weighted by Crippen LogP contribution is 2.33. The number of tetrazole rings is 1. The Morgan fingerprint density at radius 1 is 1.05 bits per heavy atom. The van der Waals surface area contributed by atoms with Gasteiger partial charge in [-0.25, -0.2) is 4.68 Å². The van der Waals surface area contributed by atoms with Crippen LogP contribution >= 0.6 is 0 Å². The number of rotatable bonds is 7. The molecule has 38 heavy (non-hydrogen) atoms. The zero-order chi connectivity index (χ0) is 27.0. The average molecular weight is 516 g/mol. The molecule has 0 aliphatic carbocycles. The summed E-state index contributed by atoms with van der Waals surface area (Å²) >= 11 is 0. The fourth-order valence-electron chi connectivity index (χ4n) is 5.26. The molecule has 5 rings (SSSR count). The minimum atomic E-state index is -0.393. The first-order chi connectivity index (χ1) is 18.2. The molecule has 1 fully saturated rings. The first-order valence-corrected chi connectivity index (χ1v) is 13.3. The van der Waals surface area contributed by atoms with Crippen LogP contribution in [-0.4, -0.2) is 63.4 Å². The van der Waals surface area contributed by atoms with Crippen molar-refractivity contribution in [1.29, 1.82) is 0 Å². The summed E-state index contributed by atoms with van der Waals surface area (Å²) in [5, 5.41) is 13.9. The molecule has 4 aromatic rings. The molecule has 1 N–H and O–H groups in total. The molecular formula is C29H37N7O2. The number of aromatic nitrogens is 5. The van der Waals surface area contributed by atoms with Gasteiger partial charge in [-0.15, -0.1) is 5.10 Å². The molecule has 9 heteroatoms. The summed E-state index contributed by atoms with van der Waals surface area (Å²) in [7, 11) is 1.65. The van der Waals surface area contributed by atoms with E-state index in [-0.39, 0.29) is 11.1 Å². The molecule has 1 atom stereocenters. The zero-order valence-electron chi connectivity index (χ0n) is 23.2. The number of hydrogen-bond donors (Lipinski definition) is 1. The van der Waals surface area contributed by atoms with E-state index in [0.717, 1.165) is 49.3 Å². The monoisotopic (exact) mass is 515 g/mol. The van der Waals surface area contributed by atoms with Crippen molar-refractivity contribution >= 4 is 16.6 Å². The van der Waals surface area contributed by atoms with Gasteiger partial charge in [0.15, 0.2) is 5.82 Å². The van der Waals surface area contributed by atoms with Crippen LogP contribution in [0.25, 0.3) is 10.9 Å². The van der Waals surface area contributed by atoms with E-state index in [2.05, 4.69) is 83.1 Å². The maximum absolute atomic E-state index is 13.6. The first kappa shape index (κ1) is 25.9. The van der Waals surface area contributed by atoms with Gasteiger partial charge in [-0.1, -0.05) is 19.1 Å². The predicted octanol–water partition coefficient (Wildman–Crippen LogP) is 4.20. The second-order valence-corrected chi connectivity index (χ2v) is 10.8. The van der Waals surface area contributed by atoms with Gasteiger partial charge in [-0.2, -0.15) is 0 Å². The summed E-state index contributed by atoms with van der Waals surface area (Å²) in [5.41, 5.74) is 4.77. The highest BCUT2D eigenvalue weighted by atomic mass is 16.5. The molecule has 200 valence electrons. The second-order valence-electron chi connectivity index (χ2n) is 10.8. The van der Waals surface area contributed by atoms with Crippen LogP contribution in [0.3, 0.4) is 0 Å². The molecule has 3 heterocycles. The topological polar surface area (TPSA) is 92.2 Å². The second kappa shape index (κ2) is 10.2. The summed E-state index contributed by atoms with van der Waals surface area (Å²) < 4.78 is 7.34. The Kier molecular flexibility index (Phi) is 6.96. The quantitative estimate of drug-likeness (QED) is 0.394. The van der Waals surface area contributed by atoms with Gasteiger partial charge in [-0.05, 0) is 86.0 Å². The van der Waals surface area contributed by atoms with Crippen molar-refractivity contribution in [2.24, 2.45) is 0 Å². The Hall–Kier alpha value is -3.72. The number of fused-ring (bicyclic) bond motifs is 1. The fourth-order valence-corrected chi connectivity index (χ4v) is 5.26. The van der Waals surface area contributed by atoms with E-state index in [4.69, 9.17) is 4.74 Å². The van der Waals surface area contributed by atoms with Crippen LogP contribution in [0, 0.1) is 13.8 Å². The van der Waals surface area contributed by atoms with E-state index in [9.17, 15) is 4.79 Å². The van der Waals surface area contributed by atoms with Gasteiger partial charge >= 0.3 is 0 Å². The summed E-state index contributed by atoms with van der Waals surface area (Å²) in [6, 6.07) is 13.9. The third-order valence-corrected chi connectivity index (χ3v) is 7.94. The van der Waals surface area contributed by atoms with Gasteiger partial charge in [0.1, 0.15) is 11.8 Å². The van der Waals surface area contributed by atoms with Gasteiger partial charge in [0.2, 0.25) is 0 Å². The molecular weight excluding hydrogens is 478 g/mol. The lowest BCUT2D eigenvalue weighted by Crippen LogP contribution is -2.49. The molecule has 0 spiro atoms. The molecule has 2 aromatic heterocycles. The number of piperazine rings is 1.